The lowest BCUT2D eigenvalue weighted by atomic mass is 10.5. The van der Waals surface area contributed by atoms with Gasteiger partial charge in [0.05, 0.1) is 24.7 Å². The van der Waals surface area contributed by atoms with Gasteiger partial charge < -0.3 is 9.47 Å². The van der Waals surface area contributed by atoms with Gasteiger partial charge in [0.2, 0.25) is 0 Å². The summed E-state index contributed by atoms with van der Waals surface area (Å²) >= 11 is 3.04. The van der Waals surface area contributed by atoms with Crippen molar-refractivity contribution < 1.29 is 19.1 Å². The van der Waals surface area contributed by atoms with Crippen LogP contribution < -0.4 is 0 Å². The predicted molar refractivity (Wildman–Crippen MR) is 65.8 cm³/mol. The zero-order valence-corrected chi connectivity index (χ0v) is 10.7. The Morgan fingerprint density at radius 1 is 0.812 bits per heavy atom. The molecule has 1 rings (SSSR count). The van der Waals surface area contributed by atoms with Crippen LogP contribution in [0.1, 0.15) is 12.8 Å². The molecule has 1 fully saturated rings. The summed E-state index contributed by atoms with van der Waals surface area (Å²) in [5, 5.41) is 0. The molecule has 6 heteroatoms. The van der Waals surface area contributed by atoms with Crippen LogP contribution in [0.15, 0.2) is 0 Å². The zero-order valence-electron chi connectivity index (χ0n) is 9.11. The lowest BCUT2D eigenvalue weighted by Gasteiger charge is -2.07. The Morgan fingerprint density at radius 3 is 1.69 bits per heavy atom. The van der Waals surface area contributed by atoms with E-state index in [1.165, 1.54) is 23.5 Å². The number of hydrogen-bond donors (Lipinski definition) is 0. The summed E-state index contributed by atoms with van der Waals surface area (Å²) in [6.45, 7) is 0.892. The van der Waals surface area contributed by atoms with Crippen LogP contribution in [0.5, 0.6) is 0 Å². The minimum atomic E-state index is -0.149. The minimum Gasteiger partial charge on any atom is -0.465 e. The first kappa shape index (κ1) is 13.7. The number of carbonyl (C=O) groups is 2. The Labute approximate surface area is 104 Å². The largest absolute Gasteiger partial charge is 0.465 e. The van der Waals surface area contributed by atoms with E-state index in [1.807, 2.05) is 0 Å². The molecule has 4 nitrogen and oxygen atoms in total. The van der Waals surface area contributed by atoms with Gasteiger partial charge >= 0.3 is 11.9 Å². The summed E-state index contributed by atoms with van der Waals surface area (Å²) in [6, 6.07) is 0. The zero-order chi connectivity index (χ0) is 11.6. The first-order chi connectivity index (χ1) is 7.79. The number of hydrogen-bond acceptors (Lipinski definition) is 6. The van der Waals surface area contributed by atoms with E-state index in [4.69, 9.17) is 9.47 Å². The molecule has 0 unspecified atom stereocenters. The van der Waals surface area contributed by atoms with Gasteiger partial charge in [-0.15, -0.1) is 0 Å². The van der Waals surface area contributed by atoms with Crippen LogP contribution in [0.4, 0.5) is 0 Å². The molecular formula is C10H16O4S2. The lowest BCUT2D eigenvalue weighted by molar-refractivity contribution is -0.141. The average Bonchev–Trinajstić information content (AvgIpc) is 2.27. The van der Waals surface area contributed by atoms with E-state index in [0.29, 0.717) is 24.7 Å². The van der Waals surface area contributed by atoms with Gasteiger partial charge in [0.15, 0.2) is 0 Å². The third-order valence-corrected chi connectivity index (χ3v) is 3.87. The van der Waals surface area contributed by atoms with Crippen molar-refractivity contribution in [1.29, 1.82) is 0 Å². The summed E-state index contributed by atoms with van der Waals surface area (Å²) in [4.78, 5) is 22.3. The van der Waals surface area contributed by atoms with Crippen LogP contribution >= 0.6 is 23.5 Å². The third-order valence-electron chi connectivity index (χ3n) is 1.83. The number of cyclic esters (lactones) is 2. The van der Waals surface area contributed by atoms with E-state index in [-0.39, 0.29) is 11.9 Å². The summed E-state index contributed by atoms with van der Waals surface area (Å²) in [7, 11) is 0. The van der Waals surface area contributed by atoms with Crippen molar-refractivity contribution in [3.63, 3.8) is 0 Å². The van der Waals surface area contributed by atoms with E-state index in [2.05, 4.69) is 0 Å². The van der Waals surface area contributed by atoms with Gasteiger partial charge in [-0.05, 0) is 24.3 Å². The SMILES string of the molecule is O=C1CSCCCOC(=O)CSCCCO1. The van der Waals surface area contributed by atoms with Gasteiger partial charge in [0.25, 0.3) is 0 Å². The second kappa shape index (κ2) is 8.75. The standard InChI is InChI=1S/C10H16O4S2/c11-9-8-16-6-2-4-14-10(12)7-15-5-1-3-13-9/h1-8H2. The lowest BCUT2D eigenvalue weighted by Crippen LogP contribution is -2.13. The van der Waals surface area contributed by atoms with E-state index in [9.17, 15) is 9.59 Å². The molecule has 0 amide bonds. The van der Waals surface area contributed by atoms with Crippen LogP contribution in [0, 0.1) is 0 Å². The molecule has 0 aromatic heterocycles. The molecule has 0 saturated carbocycles. The average molecular weight is 264 g/mol. The second-order valence-corrected chi connectivity index (χ2v) is 5.46. The summed E-state index contributed by atoms with van der Waals surface area (Å²) in [5.41, 5.74) is 0. The molecule has 0 spiro atoms. The Hall–Kier alpha value is -0.360. The molecule has 1 aliphatic heterocycles. The van der Waals surface area contributed by atoms with Gasteiger partial charge in [-0.1, -0.05) is 0 Å². The molecule has 0 bridgehead atoms. The number of carbonyl (C=O) groups excluding carboxylic acids is 2. The van der Waals surface area contributed by atoms with Crippen LogP contribution in [0.2, 0.25) is 0 Å². The Bertz CT molecular complexity index is 189. The highest BCUT2D eigenvalue weighted by Gasteiger charge is 2.06. The fourth-order valence-corrected chi connectivity index (χ4v) is 2.52. The van der Waals surface area contributed by atoms with Crippen molar-refractivity contribution in [2.45, 2.75) is 12.8 Å². The molecule has 1 saturated heterocycles. The predicted octanol–water partition coefficient (Wildman–Crippen LogP) is 1.33. The van der Waals surface area contributed by atoms with E-state index in [0.717, 1.165) is 24.3 Å². The minimum absolute atomic E-state index is 0.149. The monoisotopic (exact) mass is 264 g/mol. The van der Waals surface area contributed by atoms with E-state index in [1.54, 1.807) is 0 Å². The van der Waals surface area contributed by atoms with Gasteiger partial charge in [-0.3, -0.25) is 9.59 Å². The molecule has 0 N–H and O–H groups in total. The topological polar surface area (TPSA) is 52.6 Å². The van der Waals surface area contributed by atoms with Crippen LogP contribution in [0.25, 0.3) is 0 Å². The second-order valence-electron chi connectivity index (χ2n) is 3.25. The number of ether oxygens (including phenoxy) is 2. The quantitative estimate of drug-likeness (QED) is 0.615. The number of esters is 2. The fraction of sp³-hybridized carbons (Fsp3) is 0.800. The fourth-order valence-electron chi connectivity index (χ4n) is 1.09. The highest BCUT2D eigenvalue weighted by atomic mass is 32.2. The van der Waals surface area contributed by atoms with Gasteiger partial charge in [0.1, 0.15) is 0 Å². The summed E-state index contributed by atoms with van der Waals surface area (Å²) < 4.78 is 10.0. The molecule has 0 aromatic carbocycles. The van der Waals surface area contributed by atoms with E-state index < -0.39 is 0 Å². The molecule has 0 radical (unpaired) electrons. The van der Waals surface area contributed by atoms with Crippen molar-refractivity contribution >= 4 is 35.5 Å². The molecule has 92 valence electrons. The molecule has 0 atom stereocenters. The molecule has 0 aliphatic carbocycles. The molecular weight excluding hydrogens is 248 g/mol. The molecule has 1 heterocycles. The number of thioether (sulfide) groups is 2. The van der Waals surface area contributed by atoms with Crippen molar-refractivity contribution in [2.75, 3.05) is 36.2 Å². The Morgan fingerprint density at radius 2 is 1.25 bits per heavy atom. The smallest absolute Gasteiger partial charge is 0.315 e. The van der Waals surface area contributed by atoms with Gasteiger partial charge in [-0.2, -0.15) is 23.5 Å². The van der Waals surface area contributed by atoms with Crippen LogP contribution in [0.3, 0.4) is 0 Å². The maximum absolute atomic E-state index is 11.2. The van der Waals surface area contributed by atoms with Crippen LogP contribution in [-0.2, 0) is 19.1 Å². The first-order valence-electron chi connectivity index (χ1n) is 5.26. The van der Waals surface area contributed by atoms with Crippen molar-refractivity contribution in [1.82, 2.24) is 0 Å². The van der Waals surface area contributed by atoms with Crippen LogP contribution in [-0.4, -0.2) is 48.2 Å². The Kier molecular flexibility index (Phi) is 7.50. The van der Waals surface area contributed by atoms with Crippen molar-refractivity contribution in [3.05, 3.63) is 0 Å². The third kappa shape index (κ3) is 7.00. The molecule has 0 aromatic rings. The number of rotatable bonds is 0. The van der Waals surface area contributed by atoms with Gasteiger partial charge in [-0.25, -0.2) is 0 Å². The highest BCUT2D eigenvalue weighted by Crippen LogP contribution is 2.07. The van der Waals surface area contributed by atoms with Crippen molar-refractivity contribution in [2.24, 2.45) is 0 Å². The Balaban J connectivity index is 2.23. The molecule has 16 heavy (non-hydrogen) atoms. The maximum Gasteiger partial charge on any atom is 0.315 e. The first-order valence-corrected chi connectivity index (χ1v) is 7.57. The van der Waals surface area contributed by atoms with E-state index >= 15 is 0 Å². The molecule has 1 aliphatic rings. The summed E-state index contributed by atoms with van der Waals surface area (Å²) in [5.74, 6) is 2.11. The highest BCUT2D eigenvalue weighted by molar-refractivity contribution is 8.00. The normalized spacial score (nSPS) is 21.8. The van der Waals surface area contributed by atoms with Crippen molar-refractivity contribution in [3.8, 4) is 0 Å². The van der Waals surface area contributed by atoms with Gasteiger partial charge in [0, 0.05) is 0 Å². The summed E-state index contributed by atoms with van der Waals surface area (Å²) in [6.07, 6.45) is 1.57. The maximum atomic E-state index is 11.2.